The molecule has 0 bridgehead atoms. The second-order valence-electron chi connectivity index (χ2n) is 6.62. The maximum atomic E-state index is 6.01. The second-order valence-corrected chi connectivity index (χ2v) is 6.62. The minimum Gasteiger partial charge on any atom is -0.494 e. The Balaban J connectivity index is 1.52. The van der Waals surface area contributed by atoms with Crippen molar-refractivity contribution in [3.8, 4) is 17.3 Å². The molecule has 0 amide bonds. The monoisotopic (exact) mass is 354 g/mol. The number of rotatable bonds is 5. The maximum Gasteiger partial charge on any atom is 0.278 e. The summed E-state index contributed by atoms with van der Waals surface area (Å²) in [6, 6.07) is 9.97. The zero-order valence-corrected chi connectivity index (χ0v) is 15.2. The largest absolute Gasteiger partial charge is 0.494 e. The van der Waals surface area contributed by atoms with Crippen LogP contribution in [0.1, 0.15) is 49.9 Å². The summed E-state index contributed by atoms with van der Waals surface area (Å²) in [6.45, 7) is 7.84. The molecule has 4 rings (SSSR count). The molecule has 0 saturated heterocycles. The van der Waals surface area contributed by atoms with Crippen molar-refractivity contribution in [1.29, 1.82) is 0 Å². The topological polar surface area (TPSA) is 75.2 Å². The lowest BCUT2D eigenvalue weighted by Crippen LogP contribution is -2.21. The highest BCUT2D eigenvalue weighted by Gasteiger charge is 2.24. The highest BCUT2D eigenvalue weighted by Crippen LogP contribution is 2.29. The molecule has 0 unspecified atom stereocenters. The Hall–Kier alpha value is -2.67. The van der Waals surface area contributed by atoms with E-state index in [-0.39, 0.29) is 12.0 Å². The van der Waals surface area contributed by atoms with Crippen LogP contribution in [0.5, 0.6) is 5.75 Å². The molecule has 1 aromatic carbocycles. The van der Waals surface area contributed by atoms with Crippen molar-refractivity contribution >= 4 is 0 Å². The Bertz CT molecular complexity index is 883. The van der Waals surface area contributed by atoms with Gasteiger partial charge in [0.25, 0.3) is 5.89 Å². The van der Waals surface area contributed by atoms with E-state index in [1.54, 1.807) is 0 Å². The first-order valence-electron chi connectivity index (χ1n) is 8.89. The molecular weight excluding hydrogens is 332 g/mol. The van der Waals surface area contributed by atoms with E-state index in [0.717, 1.165) is 17.0 Å². The lowest BCUT2D eigenvalue weighted by Gasteiger charge is -2.24. The molecule has 2 aromatic heterocycles. The van der Waals surface area contributed by atoms with Gasteiger partial charge in [-0.15, -0.1) is 0 Å². The van der Waals surface area contributed by atoms with Gasteiger partial charge in [0.15, 0.2) is 11.5 Å². The van der Waals surface area contributed by atoms with Crippen LogP contribution < -0.4 is 4.74 Å². The molecule has 7 heteroatoms. The minimum atomic E-state index is -0.0418. The van der Waals surface area contributed by atoms with E-state index in [4.69, 9.17) is 14.0 Å². The number of fused-ring (bicyclic) bond motifs is 1. The van der Waals surface area contributed by atoms with Gasteiger partial charge in [0.1, 0.15) is 11.9 Å². The number of benzene rings is 1. The van der Waals surface area contributed by atoms with Gasteiger partial charge in [-0.05, 0) is 30.7 Å². The summed E-state index contributed by atoms with van der Waals surface area (Å²) in [6.07, 6.45) is -0.0418. The van der Waals surface area contributed by atoms with E-state index in [2.05, 4.69) is 15.2 Å². The van der Waals surface area contributed by atoms with Crippen molar-refractivity contribution in [2.24, 2.45) is 0 Å². The third kappa shape index (κ3) is 3.22. The average Bonchev–Trinajstić information content (AvgIpc) is 3.29. The summed E-state index contributed by atoms with van der Waals surface area (Å²) in [5.41, 5.74) is 2.80. The summed E-state index contributed by atoms with van der Waals surface area (Å²) in [5.74, 6) is 2.23. The molecule has 7 nitrogen and oxygen atoms in total. The van der Waals surface area contributed by atoms with E-state index >= 15 is 0 Å². The molecule has 1 atom stereocenters. The Morgan fingerprint density at radius 3 is 2.77 bits per heavy atom. The van der Waals surface area contributed by atoms with Gasteiger partial charge >= 0.3 is 0 Å². The quantitative estimate of drug-likeness (QED) is 0.695. The number of hydrogen-bond acceptors (Lipinski definition) is 6. The number of hydrogen-bond donors (Lipinski definition) is 0. The van der Waals surface area contributed by atoms with E-state index in [0.29, 0.717) is 37.2 Å². The Labute approximate surface area is 151 Å². The Morgan fingerprint density at radius 2 is 2.08 bits per heavy atom. The smallest absolute Gasteiger partial charge is 0.278 e. The Kier molecular flexibility index (Phi) is 4.46. The van der Waals surface area contributed by atoms with Crippen molar-refractivity contribution in [3.05, 3.63) is 47.4 Å². The first-order chi connectivity index (χ1) is 12.6. The molecule has 136 valence electrons. The zero-order chi connectivity index (χ0) is 18.1. The summed E-state index contributed by atoms with van der Waals surface area (Å²) in [4.78, 5) is 4.42. The fraction of sp³-hybridized carbons (Fsp3) is 0.421. The third-order valence-electron chi connectivity index (χ3n) is 4.37. The molecule has 0 spiro atoms. The van der Waals surface area contributed by atoms with E-state index < -0.39 is 0 Å². The highest BCUT2D eigenvalue weighted by molar-refractivity contribution is 5.47. The first kappa shape index (κ1) is 16.8. The predicted molar refractivity (Wildman–Crippen MR) is 94.7 cm³/mol. The van der Waals surface area contributed by atoms with Crippen molar-refractivity contribution in [3.63, 3.8) is 0 Å². The van der Waals surface area contributed by atoms with Gasteiger partial charge in [-0.25, -0.2) is 0 Å². The van der Waals surface area contributed by atoms with Crippen LogP contribution in [-0.2, 0) is 17.9 Å². The van der Waals surface area contributed by atoms with E-state index in [1.807, 2.05) is 55.8 Å². The molecule has 3 aromatic rings. The number of nitrogens with zero attached hydrogens (tertiary/aromatic N) is 4. The molecule has 0 fully saturated rings. The van der Waals surface area contributed by atoms with Crippen LogP contribution in [0.2, 0.25) is 0 Å². The molecule has 0 saturated carbocycles. The van der Waals surface area contributed by atoms with Crippen molar-refractivity contribution in [2.45, 2.75) is 45.9 Å². The summed E-state index contributed by atoms with van der Waals surface area (Å²) in [5, 5.41) is 8.64. The highest BCUT2D eigenvalue weighted by atomic mass is 16.5. The van der Waals surface area contributed by atoms with Crippen LogP contribution >= 0.6 is 0 Å². The summed E-state index contributed by atoms with van der Waals surface area (Å²) >= 11 is 0. The molecular formula is C19H22N4O3. The fourth-order valence-corrected chi connectivity index (χ4v) is 2.95. The van der Waals surface area contributed by atoms with Crippen LogP contribution in [0.25, 0.3) is 11.6 Å². The molecule has 26 heavy (non-hydrogen) atoms. The van der Waals surface area contributed by atoms with Gasteiger partial charge in [0.2, 0.25) is 0 Å². The molecule has 0 N–H and O–H groups in total. The van der Waals surface area contributed by atoms with Gasteiger partial charge in [-0.3, -0.25) is 4.68 Å². The predicted octanol–water partition coefficient (Wildman–Crippen LogP) is 3.73. The fourth-order valence-electron chi connectivity index (χ4n) is 2.95. The molecule has 0 radical (unpaired) electrons. The van der Waals surface area contributed by atoms with Crippen LogP contribution in [0.3, 0.4) is 0 Å². The molecule has 1 aliphatic heterocycles. The van der Waals surface area contributed by atoms with Crippen LogP contribution in [0.4, 0.5) is 0 Å². The SMILES string of the molecule is CCOc1ccc([C@@H]2Cn3nc(-c4nc(C(C)C)no4)cc3CO2)cc1. The molecule has 0 aliphatic carbocycles. The van der Waals surface area contributed by atoms with Crippen molar-refractivity contribution in [1.82, 2.24) is 19.9 Å². The van der Waals surface area contributed by atoms with Gasteiger partial charge in [0.05, 0.1) is 25.5 Å². The minimum absolute atomic E-state index is 0.0418. The second kappa shape index (κ2) is 6.92. The van der Waals surface area contributed by atoms with Crippen LogP contribution in [0, 0.1) is 0 Å². The average molecular weight is 354 g/mol. The number of aromatic nitrogens is 4. The van der Waals surface area contributed by atoms with Crippen molar-refractivity contribution in [2.75, 3.05) is 6.61 Å². The van der Waals surface area contributed by atoms with Gasteiger partial charge in [0, 0.05) is 5.92 Å². The lowest BCUT2D eigenvalue weighted by molar-refractivity contribution is -0.00115. The Morgan fingerprint density at radius 1 is 1.27 bits per heavy atom. The normalized spacial score (nSPS) is 16.7. The number of ether oxygens (including phenoxy) is 2. The van der Waals surface area contributed by atoms with Gasteiger partial charge < -0.3 is 14.0 Å². The lowest BCUT2D eigenvalue weighted by atomic mass is 10.1. The maximum absolute atomic E-state index is 6.01. The van der Waals surface area contributed by atoms with Gasteiger partial charge in [-0.2, -0.15) is 10.1 Å². The van der Waals surface area contributed by atoms with E-state index in [1.165, 1.54) is 0 Å². The summed E-state index contributed by atoms with van der Waals surface area (Å²) < 4.78 is 18.8. The first-order valence-corrected chi connectivity index (χ1v) is 8.89. The summed E-state index contributed by atoms with van der Waals surface area (Å²) in [7, 11) is 0. The van der Waals surface area contributed by atoms with Crippen LogP contribution in [-0.4, -0.2) is 26.5 Å². The molecule has 1 aliphatic rings. The van der Waals surface area contributed by atoms with Crippen LogP contribution in [0.15, 0.2) is 34.9 Å². The van der Waals surface area contributed by atoms with Crippen molar-refractivity contribution < 1.29 is 14.0 Å². The molecule has 3 heterocycles. The van der Waals surface area contributed by atoms with E-state index in [9.17, 15) is 0 Å². The zero-order valence-electron chi connectivity index (χ0n) is 15.2. The van der Waals surface area contributed by atoms with Gasteiger partial charge in [-0.1, -0.05) is 31.1 Å². The standard InChI is InChI=1S/C19H22N4O3/c1-4-24-15-7-5-13(6-8-15)17-10-23-14(11-25-17)9-16(21-23)19-20-18(12(2)3)22-26-19/h5-9,12,17H,4,10-11H2,1-3H3/t17-/m0/s1. The third-order valence-corrected chi connectivity index (χ3v) is 4.37.